The van der Waals surface area contributed by atoms with Crippen LogP contribution in [-0.4, -0.2) is 32.0 Å². The Hall–Kier alpha value is -1.88. The standard InChI is InChI=1S/C13H19N3O2/c1-15-12(17)7-9-16-13(18)11-4-2-10(3-5-11)6-8-14/h2-5H,6-9,14H2,1H3,(H,15,17)(H,16,18). The number of hydrogen-bond donors (Lipinski definition) is 3. The molecule has 0 aliphatic rings. The van der Waals surface area contributed by atoms with Gasteiger partial charge in [-0.05, 0) is 30.7 Å². The first-order chi connectivity index (χ1) is 8.67. The van der Waals surface area contributed by atoms with Crippen LogP contribution in [0, 0.1) is 0 Å². The number of carbonyl (C=O) groups excluding carboxylic acids is 2. The average molecular weight is 249 g/mol. The van der Waals surface area contributed by atoms with E-state index in [1.807, 2.05) is 12.1 Å². The highest BCUT2D eigenvalue weighted by Gasteiger charge is 2.05. The van der Waals surface area contributed by atoms with E-state index in [1.165, 1.54) is 0 Å². The average Bonchev–Trinajstić information content (AvgIpc) is 2.39. The second-order valence-corrected chi connectivity index (χ2v) is 3.91. The lowest BCUT2D eigenvalue weighted by Gasteiger charge is -2.05. The Morgan fingerprint density at radius 3 is 2.44 bits per heavy atom. The van der Waals surface area contributed by atoms with E-state index < -0.39 is 0 Å². The SMILES string of the molecule is CNC(=O)CCNC(=O)c1ccc(CCN)cc1. The summed E-state index contributed by atoms with van der Waals surface area (Å²) in [7, 11) is 1.57. The molecule has 0 aliphatic heterocycles. The van der Waals surface area contributed by atoms with Gasteiger partial charge < -0.3 is 16.4 Å². The summed E-state index contributed by atoms with van der Waals surface area (Å²) in [4.78, 5) is 22.7. The van der Waals surface area contributed by atoms with Crippen molar-refractivity contribution in [3.05, 3.63) is 35.4 Å². The molecule has 0 bridgehead atoms. The predicted molar refractivity (Wildman–Crippen MR) is 70.2 cm³/mol. The maximum atomic E-state index is 11.7. The number of amides is 2. The van der Waals surface area contributed by atoms with Crippen LogP contribution in [0.2, 0.25) is 0 Å². The molecule has 0 aliphatic carbocycles. The Kier molecular flexibility index (Phi) is 5.87. The fourth-order valence-corrected chi connectivity index (χ4v) is 1.51. The molecule has 1 aromatic carbocycles. The number of benzene rings is 1. The summed E-state index contributed by atoms with van der Waals surface area (Å²) in [6, 6.07) is 7.31. The van der Waals surface area contributed by atoms with Gasteiger partial charge >= 0.3 is 0 Å². The minimum Gasteiger partial charge on any atom is -0.359 e. The van der Waals surface area contributed by atoms with Crippen LogP contribution in [0.15, 0.2) is 24.3 Å². The highest BCUT2D eigenvalue weighted by Crippen LogP contribution is 2.04. The van der Waals surface area contributed by atoms with Gasteiger partial charge in [0.25, 0.3) is 5.91 Å². The van der Waals surface area contributed by atoms with E-state index in [0.29, 0.717) is 18.7 Å². The quantitative estimate of drug-likeness (QED) is 0.666. The zero-order chi connectivity index (χ0) is 13.4. The largest absolute Gasteiger partial charge is 0.359 e. The van der Waals surface area contributed by atoms with Crippen LogP contribution in [0.1, 0.15) is 22.3 Å². The van der Waals surface area contributed by atoms with Crippen molar-refractivity contribution in [3.63, 3.8) is 0 Å². The van der Waals surface area contributed by atoms with E-state index >= 15 is 0 Å². The monoisotopic (exact) mass is 249 g/mol. The van der Waals surface area contributed by atoms with Crippen molar-refractivity contribution >= 4 is 11.8 Å². The summed E-state index contributed by atoms with van der Waals surface area (Å²) in [6.07, 6.45) is 1.09. The van der Waals surface area contributed by atoms with Crippen molar-refractivity contribution in [2.24, 2.45) is 5.73 Å². The van der Waals surface area contributed by atoms with Crippen molar-refractivity contribution < 1.29 is 9.59 Å². The third kappa shape index (κ3) is 4.55. The predicted octanol–water partition coefficient (Wildman–Crippen LogP) is 0.0537. The maximum Gasteiger partial charge on any atom is 0.251 e. The van der Waals surface area contributed by atoms with E-state index in [-0.39, 0.29) is 18.2 Å². The van der Waals surface area contributed by atoms with Gasteiger partial charge in [-0.15, -0.1) is 0 Å². The summed E-state index contributed by atoms with van der Waals surface area (Å²) >= 11 is 0. The number of nitrogens with two attached hydrogens (primary N) is 1. The molecule has 0 fully saturated rings. The Labute approximate surface area is 107 Å². The van der Waals surface area contributed by atoms with Crippen LogP contribution in [0.5, 0.6) is 0 Å². The van der Waals surface area contributed by atoms with Crippen molar-refractivity contribution in [1.82, 2.24) is 10.6 Å². The van der Waals surface area contributed by atoms with E-state index in [2.05, 4.69) is 10.6 Å². The highest BCUT2D eigenvalue weighted by atomic mass is 16.2. The molecular weight excluding hydrogens is 230 g/mol. The first kappa shape index (κ1) is 14.2. The van der Waals surface area contributed by atoms with Crippen LogP contribution >= 0.6 is 0 Å². The fourth-order valence-electron chi connectivity index (χ4n) is 1.51. The Balaban J connectivity index is 2.44. The van der Waals surface area contributed by atoms with Crippen LogP contribution in [0.4, 0.5) is 0 Å². The highest BCUT2D eigenvalue weighted by molar-refractivity contribution is 5.94. The van der Waals surface area contributed by atoms with Gasteiger partial charge in [-0.2, -0.15) is 0 Å². The molecule has 4 N–H and O–H groups in total. The molecule has 2 amide bonds. The van der Waals surface area contributed by atoms with E-state index in [1.54, 1.807) is 19.2 Å². The first-order valence-electron chi connectivity index (χ1n) is 5.95. The molecule has 0 spiro atoms. The number of hydrogen-bond acceptors (Lipinski definition) is 3. The van der Waals surface area contributed by atoms with Gasteiger partial charge in [-0.3, -0.25) is 9.59 Å². The van der Waals surface area contributed by atoms with Gasteiger partial charge in [0.15, 0.2) is 0 Å². The molecule has 0 unspecified atom stereocenters. The fraction of sp³-hybridized carbons (Fsp3) is 0.385. The van der Waals surface area contributed by atoms with Crippen LogP contribution in [0.3, 0.4) is 0 Å². The molecule has 1 rings (SSSR count). The van der Waals surface area contributed by atoms with Gasteiger partial charge in [-0.25, -0.2) is 0 Å². The molecule has 5 heteroatoms. The Bertz CT molecular complexity index is 401. The molecule has 0 saturated carbocycles. The first-order valence-corrected chi connectivity index (χ1v) is 5.95. The number of nitrogens with one attached hydrogen (secondary N) is 2. The minimum atomic E-state index is -0.168. The molecular formula is C13H19N3O2. The van der Waals surface area contributed by atoms with Gasteiger partial charge in [0.05, 0.1) is 0 Å². The van der Waals surface area contributed by atoms with E-state index in [0.717, 1.165) is 12.0 Å². The van der Waals surface area contributed by atoms with Crippen molar-refractivity contribution in [1.29, 1.82) is 0 Å². The number of rotatable bonds is 6. The molecule has 0 atom stereocenters. The van der Waals surface area contributed by atoms with E-state index in [9.17, 15) is 9.59 Å². The molecule has 5 nitrogen and oxygen atoms in total. The molecule has 0 aromatic heterocycles. The Morgan fingerprint density at radius 2 is 1.89 bits per heavy atom. The summed E-state index contributed by atoms with van der Waals surface area (Å²) < 4.78 is 0. The van der Waals surface area contributed by atoms with Gasteiger partial charge in [-0.1, -0.05) is 12.1 Å². The lowest BCUT2D eigenvalue weighted by atomic mass is 10.1. The summed E-state index contributed by atoms with van der Waals surface area (Å²) in [6.45, 7) is 0.931. The smallest absolute Gasteiger partial charge is 0.251 e. The van der Waals surface area contributed by atoms with Crippen LogP contribution in [0.25, 0.3) is 0 Å². The molecule has 0 heterocycles. The minimum absolute atomic E-state index is 0.0893. The van der Waals surface area contributed by atoms with Crippen LogP contribution < -0.4 is 16.4 Å². The third-order valence-electron chi connectivity index (χ3n) is 2.57. The molecule has 1 aromatic rings. The molecule has 98 valence electrons. The van der Waals surface area contributed by atoms with Crippen LogP contribution in [-0.2, 0) is 11.2 Å². The number of carbonyl (C=O) groups is 2. The summed E-state index contributed by atoms with van der Waals surface area (Å²) in [5, 5.41) is 5.19. The molecule has 0 radical (unpaired) electrons. The van der Waals surface area contributed by atoms with Crippen molar-refractivity contribution in [2.45, 2.75) is 12.8 Å². The molecule has 18 heavy (non-hydrogen) atoms. The normalized spacial score (nSPS) is 9.89. The molecule has 0 saturated heterocycles. The lowest BCUT2D eigenvalue weighted by Crippen LogP contribution is -2.29. The van der Waals surface area contributed by atoms with Crippen molar-refractivity contribution in [2.75, 3.05) is 20.1 Å². The van der Waals surface area contributed by atoms with Gasteiger partial charge in [0, 0.05) is 25.6 Å². The van der Waals surface area contributed by atoms with Gasteiger partial charge in [0.1, 0.15) is 0 Å². The zero-order valence-electron chi connectivity index (χ0n) is 10.5. The van der Waals surface area contributed by atoms with E-state index in [4.69, 9.17) is 5.73 Å². The zero-order valence-corrected chi connectivity index (χ0v) is 10.5. The second-order valence-electron chi connectivity index (χ2n) is 3.91. The van der Waals surface area contributed by atoms with Crippen molar-refractivity contribution in [3.8, 4) is 0 Å². The second kappa shape index (κ2) is 7.45. The topological polar surface area (TPSA) is 84.2 Å². The summed E-state index contributed by atoms with van der Waals surface area (Å²) in [5.74, 6) is -0.258. The summed E-state index contributed by atoms with van der Waals surface area (Å²) in [5.41, 5.74) is 7.15. The third-order valence-corrected chi connectivity index (χ3v) is 2.57. The lowest BCUT2D eigenvalue weighted by molar-refractivity contribution is -0.120. The van der Waals surface area contributed by atoms with Gasteiger partial charge in [0.2, 0.25) is 5.91 Å². The Morgan fingerprint density at radius 1 is 1.22 bits per heavy atom. The maximum absolute atomic E-state index is 11.7.